The van der Waals surface area contributed by atoms with Crippen LogP contribution < -0.4 is 5.32 Å². The molecule has 74 valence electrons. The van der Waals surface area contributed by atoms with Gasteiger partial charge in [-0.3, -0.25) is 10.1 Å². The number of nitrogens with one attached hydrogen (secondary N) is 1. The molecule has 0 saturated heterocycles. The van der Waals surface area contributed by atoms with Gasteiger partial charge in [-0.05, 0) is 25.5 Å². The van der Waals surface area contributed by atoms with Gasteiger partial charge in [0, 0.05) is 17.7 Å². The SMILES string of the molecule is C[C@H]1NCCc2cccc([N+](=O)[O-])c21. The monoisotopic (exact) mass is 192 g/mol. The van der Waals surface area contributed by atoms with Crippen LogP contribution in [-0.4, -0.2) is 11.5 Å². The van der Waals surface area contributed by atoms with E-state index < -0.39 is 0 Å². The molecule has 1 aromatic rings. The van der Waals surface area contributed by atoms with E-state index >= 15 is 0 Å². The molecule has 14 heavy (non-hydrogen) atoms. The standard InChI is InChI=1S/C10H12N2O2/c1-7-10-8(5-6-11-7)3-2-4-9(10)12(13)14/h2-4,7,11H,5-6H2,1H3/t7-/m1/s1. The Morgan fingerprint density at radius 2 is 2.36 bits per heavy atom. The summed E-state index contributed by atoms with van der Waals surface area (Å²) in [5.41, 5.74) is 2.19. The van der Waals surface area contributed by atoms with Crippen molar-refractivity contribution in [3.63, 3.8) is 0 Å². The van der Waals surface area contributed by atoms with E-state index in [-0.39, 0.29) is 16.7 Å². The number of rotatable bonds is 1. The highest BCUT2D eigenvalue weighted by atomic mass is 16.6. The van der Waals surface area contributed by atoms with Crippen LogP contribution in [0.25, 0.3) is 0 Å². The summed E-state index contributed by atoms with van der Waals surface area (Å²) in [6.45, 7) is 2.86. The number of fused-ring (bicyclic) bond motifs is 1. The van der Waals surface area contributed by atoms with Crippen LogP contribution in [0.4, 0.5) is 5.69 Å². The maximum atomic E-state index is 10.8. The number of nitro groups is 1. The Hall–Kier alpha value is -1.42. The second-order valence-electron chi connectivity index (χ2n) is 3.53. The van der Waals surface area contributed by atoms with Gasteiger partial charge >= 0.3 is 0 Å². The molecule has 0 saturated carbocycles. The van der Waals surface area contributed by atoms with Crippen molar-refractivity contribution in [2.45, 2.75) is 19.4 Å². The molecule has 0 amide bonds. The highest BCUT2D eigenvalue weighted by Gasteiger charge is 2.24. The van der Waals surface area contributed by atoms with Crippen molar-refractivity contribution < 1.29 is 4.92 Å². The van der Waals surface area contributed by atoms with Gasteiger partial charge < -0.3 is 5.32 Å². The van der Waals surface area contributed by atoms with Gasteiger partial charge in [-0.15, -0.1) is 0 Å². The van der Waals surface area contributed by atoms with Gasteiger partial charge in [0.05, 0.1) is 4.92 Å². The van der Waals surface area contributed by atoms with E-state index in [1.807, 2.05) is 13.0 Å². The highest BCUT2D eigenvalue weighted by Crippen LogP contribution is 2.30. The van der Waals surface area contributed by atoms with Gasteiger partial charge in [-0.1, -0.05) is 12.1 Å². The quantitative estimate of drug-likeness (QED) is 0.545. The summed E-state index contributed by atoms with van der Waals surface area (Å²) in [5, 5.41) is 14.0. The Morgan fingerprint density at radius 1 is 1.57 bits per heavy atom. The second-order valence-corrected chi connectivity index (χ2v) is 3.53. The van der Waals surface area contributed by atoms with E-state index in [4.69, 9.17) is 0 Å². The van der Waals surface area contributed by atoms with Gasteiger partial charge in [0.1, 0.15) is 0 Å². The van der Waals surface area contributed by atoms with Gasteiger partial charge in [0.2, 0.25) is 0 Å². The van der Waals surface area contributed by atoms with Crippen molar-refractivity contribution in [3.8, 4) is 0 Å². The van der Waals surface area contributed by atoms with E-state index in [1.54, 1.807) is 12.1 Å². The zero-order valence-corrected chi connectivity index (χ0v) is 7.99. The first kappa shape index (κ1) is 9.15. The molecule has 2 rings (SSSR count). The lowest BCUT2D eigenvalue weighted by Gasteiger charge is -2.23. The first-order valence-electron chi connectivity index (χ1n) is 4.69. The molecule has 0 unspecified atom stereocenters. The van der Waals surface area contributed by atoms with E-state index in [0.29, 0.717) is 0 Å². The predicted octanol–water partition coefficient (Wildman–Crippen LogP) is 1.80. The van der Waals surface area contributed by atoms with Crippen molar-refractivity contribution in [3.05, 3.63) is 39.4 Å². The second kappa shape index (κ2) is 3.38. The molecule has 1 aromatic carbocycles. The van der Waals surface area contributed by atoms with Crippen LogP contribution in [0.5, 0.6) is 0 Å². The summed E-state index contributed by atoms with van der Waals surface area (Å²) in [6.07, 6.45) is 0.876. The molecule has 0 aliphatic carbocycles. The molecule has 1 aliphatic rings. The molecule has 4 heteroatoms. The average molecular weight is 192 g/mol. The van der Waals surface area contributed by atoms with Crippen molar-refractivity contribution >= 4 is 5.69 Å². The maximum Gasteiger partial charge on any atom is 0.274 e. The number of nitrogens with zero attached hydrogens (tertiary/aromatic N) is 1. The Balaban J connectivity index is 2.57. The highest BCUT2D eigenvalue weighted by molar-refractivity contribution is 5.48. The van der Waals surface area contributed by atoms with Crippen LogP contribution in [0.1, 0.15) is 24.1 Å². The third kappa shape index (κ3) is 1.37. The Kier molecular flexibility index (Phi) is 2.21. The zero-order chi connectivity index (χ0) is 10.1. The average Bonchev–Trinajstić information content (AvgIpc) is 2.17. The molecule has 1 heterocycles. The first-order valence-corrected chi connectivity index (χ1v) is 4.69. The van der Waals surface area contributed by atoms with Crippen molar-refractivity contribution in [1.82, 2.24) is 5.32 Å². The molecule has 0 spiro atoms. The number of nitro benzene ring substituents is 1. The van der Waals surface area contributed by atoms with Gasteiger partial charge in [-0.25, -0.2) is 0 Å². The summed E-state index contributed by atoms with van der Waals surface area (Å²) in [4.78, 5) is 10.5. The lowest BCUT2D eigenvalue weighted by Crippen LogP contribution is -2.28. The Morgan fingerprint density at radius 3 is 3.07 bits per heavy atom. The summed E-state index contributed by atoms with van der Waals surface area (Å²) in [6, 6.07) is 5.39. The third-order valence-corrected chi connectivity index (χ3v) is 2.65. The molecule has 0 radical (unpaired) electrons. The van der Waals surface area contributed by atoms with Crippen LogP contribution in [0.15, 0.2) is 18.2 Å². The predicted molar refractivity (Wildman–Crippen MR) is 53.2 cm³/mol. The van der Waals surface area contributed by atoms with Crippen molar-refractivity contribution in [2.24, 2.45) is 0 Å². The Labute approximate surface area is 82.1 Å². The largest absolute Gasteiger partial charge is 0.310 e. The maximum absolute atomic E-state index is 10.8. The van der Waals surface area contributed by atoms with Gasteiger partial charge in [-0.2, -0.15) is 0 Å². The van der Waals surface area contributed by atoms with Crippen LogP contribution in [0.3, 0.4) is 0 Å². The molecule has 1 N–H and O–H groups in total. The molecule has 0 fully saturated rings. The summed E-state index contributed by atoms with van der Waals surface area (Å²) in [7, 11) is 0. The fourth-order valence-electron chi connectivity index (χ4n) is 2.00. The summed E-state index contributed by atoms with van der Waals surface area (Å²) < 4.78 is 0. The molecule has 0 aromatic heterocycles. The molecule has 1 atom stereocenters. The van der Waals surface area contributed by atoms with E-state index in [2.05, 4.69) is 5.32 Å². The minimum Gasteiger partial charge on any atom is -0.310 e. The van der Waals surface area contributed by atoms with E-state index in [1.165, 1.54) is 0 Å². The summed E-state index contributed by atoms with van der Waals surface area (Å²) >= 11 is 0. The number of hydrogen-bond acceptors (Lipinski definition) is 3. The fourth-order valence-corrected chi connectivity index (χ4v) is 2.00. The van der Waals surface area contributed by atoms with Crippen LogP contribution in [0.2, 0.25) is 0 Å². The summed E-state index contributed by atoms with van der Waals surface area (Å²) in [5.74, 6) is 0. The normalized spacial score (nSPS) is 20.2. The molecular weight excluding hydrogens is 180 g/mol. The van der Waals surface area contributed by atoms with Crippen molar-refractivity contribution in [1.29, 1.82) is 0 Å². The lowest BCUT2D eigenvalue weighted by atomic mass is 9.94. The third-order valence-electron chi connectivity index (χ3n) is 2.65. The first-order chi connectivity index (χ1) is 6.70. The zero-order valence-electron chi connectivity index (χ0n) is 7.99. The molecule has 1 aliphatic heterocycles. The van der Waals surface area contributed by atoms with Crippen molar-refractivity contribution in [2.75, 3.05) is 6.54 Å². The topological polar surface area (TPSA) is 55.2 Å². The minimum absolute atomic E-state index is 0.0837. The van der Waals surface area contributed by atoms with E-state index in [9.17, 15) is 10.1 Å². The smallest absolute Gasteiger partial charge is 0.274 e. The van der Waals surface area contributed by atoms with Gasteiger partial charge in [0.25, 0.3) is 5.69 Å². The fraction of sp³-hybridized carbons (Fsp3) is 0.400. The lowest BCUT2D eigenvalue weighted by molar-refractivity contribution is -0.385. The van der Waals surface area contributed by atoms with Gasteiger partial charge in [0.15, 0.2) is 0 Å². The molecule has 4 nitrogen and oxygen atoms in total. The molecular formula is C10H12N2O2. The number of hydrogen-bond donors (Lipinski definition) is 1. The Bertz CT molecular complexity index is 376. The van der Waals surface area contributed by atoms with Crippen LogP contribution in [0, 0.1) is 10.1 Å². The van der Waals surface area contributed by atoms with Crippen LogP contribution in [-0.2, 0) is 6.42 Å². The molecule has 0 bridgehead atoms. The van der Waals surface area contributed by atoms with Crippen LogP contribution >= 0.6 is 0 Å². The minimum atomic E-state index is -0.303. The van der Waals surface area contributed by atoms with E-state index in [0.717, 1.165) is 24.1 Å². The number of benzene rings is 1.